The lowest BCUT2D eigenvalue weighted by Gasteiger charge is -2.19. The summed E-state index contributed by atoms with van der Waals surface area (Å²) in [6.07, 6.45) is 4.95. The van der Waals surface area contributed by atoms with Crippen LogP contribution < -0.4 is 9.47 Å². The Hall–Kier alpha value is -3.08. The molecule has 0 fully saturated rings. The Morgan fingerprint density at radius 2 is 2.02 bits per heavy atom. The minimum Gasteiger partial charge on any atom is -0.494 e. The number of carboxylic acids is 1. The molecule has 0 bridgehead atoms. The average Bonchev–Trinajstić information content (AvgIpc) is 3.49. The molecule has 0 saturated carbocycles. The summed E-state index contributed by atoms with van der Waals surface area (Å²) in [4.78, 5) is 16.7. The van der Waals surface area contributed by atoms with Crippen LogP contribution in [0, 0.1) is 6.92 Å². The number of ether oxygens (including phenoxy) is 2. The van der Waals surface area contributed by atoms with Gasteiger partial charge in [0.1, 0.15) is 21.7 Å². The second kappa shape index (κ2) is 11.8. The number of hydrogen-bond donors (Lipinski definition) is 2. The van der Waals surface area contributed by atoms with Gasteiger partial charge >= 0.3 is 5.97 Å². The van der Waals surface area contributed by atoms with Crippen molar-refractivity contribution in [2.75, 3.05) is 24.4 Å². The number of aliphatic hydroxyl groups excluding tert-OH is 1. The van der Waals surface area contributed by atoms with E-state index in [4.69, 9.17) is 9.47 Å². The zero-order chi connectivity index (χ0) is 28.4. The molecule has 0 radical (unpaired) electrons. The fourth-order valence-electron chi connectivity index (χ4n) is 5.63. The molecule has 2 heterocycles. The summed E-state index contributed by atoms with van der Waals surface area (Å²) in [7, 11) is -3.04. The minimum atomic E-state index is -3.04. The van der Waals surface area contributed by atoms with E-state index in [0.29, 0.717) is 18.1 Å². The molecule has 0 amide bonds. The number of rotatable bonds is 11. The normalized spacial score (nSPS) is 17.9. The lowest BCUT2D eigenvalue weighted by atomic mass is 9.90. The third-order valence-electron chi connectivity index (χ3n) is 7.41. The Morgan fingerprint density at radius 1 is 1.20 bits per heavy atom. The number of carboxylic acid groups (broad SMARTS) is 1. The third-order valence-corrected chi connectivity index (χ3v) is 9.67. The smallest absolute Gasteiger partial charge is 0.303 e. The predicted molar refractivity (Wildman–Crippen MR) is 154 cm³/mol. The van der Waals surface area contributed by atoms with Gasteiger partial charge in [0, 0.05) is 35.1 Å². The van der Waals surface area contributed by atoms with Gasteiger partial charge in [0.25, 0.3) is 0 Å². The van der Waals surface area contributed by atoms with E-state index in [-0.39, 0.29) is 37.4 Å². The van der Waals surface area contributed by atoms with Crippen LogP contribution in [-0.2, 0) is 27.7 Å². The van der Waals surface area contributed by atoms with Gasteiger partial charge in [0.15, 0.2) is 0 Å². The highest BCUT2D eigenvalue weighted by atomic mass is 32.2. The zero-order valence-electron chi connectivity index (χ0n) is 22.6. The number of aryl methyl sites for hydroxylation is 1. The molecular weight excluding hydrogens is 550 g/mol. The van der Waals surface area contributed by atoms with Crippen molar-refractivity contribution < 1.29 is 32.9 Å². The highest BCUT2D eigenvalue weighted by Crippen LogP contribution is 2.45. The largest absolute Gasteiger partial charge is 0.494 e. The monoisotopic (exact) mass is 583 g/mol. The van der Waals surface area contributed by atoms with Gasteiger partial charge in [-0.15, -0.1) is 11.8 Å². The zero-order valence-corrected chi connectivity index (χ0v) is 24.2. The minimum absolute atomic E-state index is 0.0259. The predicted octanol–water partition coefficient (Wildman–Crippen LogP) is 5.09. The molecule has 0 saturated heterocycles. The van der Waals surface area contributed by atoms with Crippen molar-refractivity contribution in [3.8, 4) is 22.8 Å². The van der Waals surface area contributed by atoms with Crippen LogP contribution in [0.25, 0.3) is 11.1 Å². The number of benzene rings is 2. The summed E-state index contributed by atoms with van der Waals surface area (Å²) >= 11 is 1.65. The summed E-state index contributed by atoms with van der Waals surface area (Å²) in [5.74, 6) is 1.13. The lowest BCUT2D eigenvalue weighted by molar-refractivity contribution is -0.137. The Balaban J connectivity index is 1.35. The van der Waals surface area contributed by atoms with E-state index >= 15 is 0 Å². The molecule has 3 aromatic rings. The van der Waals surface area contributed by atoms with E-state index in [0.717, 1.165) is 56.9 Å². The summed E-state index contributed by atoms with van der Waals surface area (Å²) in [6, 6.07) is 11.8. The van der Waals surface area contributed by atoms with Gasteiger partial charge in [0.2, 0.25) is 5.88 Å². The van der Waals surface area contributed by atoms with Crippen LogP contribution in [0.3, 0.4) is 0 Å². The Morgan fingerprint density at radius 3 is 2.77 bits per heavy atom. The molecule has 2 aliphatic rings. The maximum Gasteiger partial charge on any atom is 0.303 e. The number of aliphatic hydroxyl groups is 1. The summed E-state index contributed by atoms with van der Waals surface area (Å²) in [6.45, 7) is 2.12. The van der Waals surface area contributed by atoms with E-state index < -0.39 is 15.8 Å². The van der Waals surface area contributed by atoms with E-state index in [2.05, 4.69) is 17.1 Å². The van der Waals surface area contributed by atoms with E-state index in [1.807, 2.05) is 31.2 Å². The van der Waals surface area contributed by atoms with Crippen LogP contribution in [-0.4, -0.2) is 54.0 Å². The first-order chi connectivity index (χ1) is 19.1. The third kappa shape index (κ3) is 6.29. The number of aromatic nitrogens is 1. The first kappa shape index (κ1) is 28.4. The number of hydrogen-bond acceptors (Lipinski definition) is 8. The number of carbonyl (C=O) groups is 1. The number of pyridine rings is 1. The molecule has 40 heavy (non-hydrogen) atoms. The Labute approximate surface area is 238 Å². The molecule has 1 aliphatic carbocycles. The van der Waals surface area contributed by atoms with Crippen LogP contribution in [0.1, 0.15) is 59.1 Å². The highest BCUT2D eigenvalue weighted by molar-refractivity contribution is 7.99. The van der Waals surface area contributed by atoms with Crippen LogP contribution in [0.4, 0.5) is 0 Å². The van der Waals surface area contributed by atoms with Gasteiger partial charge in [-0.1, -0.05) is 18.2 Å². The molecule has 2 N–H and O–H groups in total. The number of fused-ring (bicyclic) bond motifs is 2. The molecule has 0 spiro atoms. The average molecular weight is 584 g/mol. The van der Waals surface area contributed by atoms with Gasteiger partial charge in [-0.25, -0.2) is 13.4 Å². The van der Waals surface area contributed by atoms with Gasteiger partial charge in [0.05, 0.1) is 25.4 Å². The Bertz CT molecular complexity index is 1540. The van der Waals surface area contributed by atoms with Gasteiger partial charge < -0.3 is 19.7 Å². The van der Waals surface area contributed by atoms with Crippen molar-refractivity contribution >= 4 is 27.6 Å². The van der Waals surface area contributed by atoms with Crippen molar-refractivity contribution in [3.05, 3.63) is 70.4 Å². The number of nitrogens with zero attached hydrogens (tertiary/aromatic N) is 1. The Kier molecular flexibility index (Phi) is 8.39. The number of sulfone groups is 1. The topological polar surface area (TPSA) is 123 Å². The number of thioether (sulfide) groups is 1. The van der Waals surface area contributed by atoms with E-state index in [1.165, 1.54) is 11.8 Å². The summed E-state index contributed by atoms with van der Waals surface area (Å²) in [5.41, 5.74) is 7.01. The molecule has 2 atom stereocenters. The lowest BCUT2D eigenvalue weighted by Crippen LogP contribution is -2.08. The SMILES string of the molecule is Cc1cc(OCCCS(C)(=O)=O)cc(CO)c1-c1cccc2c1CCC2Oc1cc2c(cn1)C(CC(=O)O)CS2. The van der Waals surface area contributed by atoms with Crippen molar-refractivity contribution in [2.45, 2.75) is 56.1 Å². The molecule has 2 aromatic carbocycles. The van der Waals surface area contributed by atoms with Crippen molar-refractivity contribution in [1.82, 2.24) is 4.98 Å². The van der Waals surface area contributed by atoms with Gasteiger partial charge in [-0.3, -0.25) is 4.79 Å². The van der Waals surface area contributed by atoms with Crippen molar-refractivity contribution in [3.63, 3.8) is 0 Å². The maximum atomic E-state index is 11.4. The molecule has 10 heteroatoms. The highest BCUT2D eigenvalue weighted by Gasteiger charge is 2.30. The van der Waals surface area contributed by atoms with Crippen molar-refractivity contribution in [2.24, 2.45) is 0 Å². The first-order valence-electron chi connectivity index (χ1n) is 13.3. The van der Waals surface area contributed by atoms with Crippen LogP contribution in [0.15, 0.2) is 47.5 Å². The van der Waals surface area contributed by atoms with Crippen molar-refractivity contribution in [1.29, 1.82) is 0 Å². The van der Waals surface area contributed by atoms with Crippen LogP contribution in [0.5, 0.6) is 11.6 Å². The molecule has 5 rings (SSSR count). The van der Waals surface area contributed by atoms with Crippen LogP contribution in [0.2, 0.25) is 0 Å². The van der Waals surface area contributed by atoms with E-state index in [1.54, 1.807) is 18.0 Å². The second-order valence-electron chi connectivity index (χ2n) is 10.4. The van der Waals surface area contributed by atoms with E-state index in [9.17, 15) is 23.4 Å². The first-order valence-corrected chi connectivity index (χ1v) is 16.4. The van der Waals surface area contributed by atoms with Gasteiger partial charge in [-0.2, -0.15) is 0 Å². The molecule has 212 valence electrons. The molecule has 1 aliphatic heterocycles. The summed E-state index contributed by atoms with van der Waals surface area (Å²) < 4.78 is 35.0. The standard InChI is InChI=1S/C30H33NO7S2/c1-18-11-21(37-9-4-10-40(2,35)36)12-19(16-32)30(18)24-6-3-5-23-22(24)7-8-26(23)38-28-14-27-25(15-31-28)20(17-39-27)13-29(33)34/h3,5-6,11-12,14-15,20,26,32H,4,7-10,13,16-17H2,1-2H3,(H,33,34). The molecule has 1 aromatic heterocycles. The molecular formula is C30H33NO7S2. The fraction of sp³-hybridized carbons (Fsp3) is 0.400. The fourth-order valence-corrected chi connectivity index (χ4v) is 7.52. The van der Waals surface area contributed by atoms with Crippen LogP contribution >= 0.6 is 11.8 Å². The summed E-state index contributed by atoms with van der Waals surface area (Å²) in [5, 5.41) is 19.4. The maximum absolute atomic E-state index is 11.4. The molecule has 2 unspecified atom stereocenters. The quantitative estimate of drug-likeness (QED) is 0.297. The molecule has 8 nitrogen and oxygen atoms in total. The van der Waals surface area contributed by atoms with Gasteiger partial charge in [-0.05, 0) is 77.3 Å². The second-order valence-corrected chi connectivity index (χ2v) is 13.8. The number of aliphatic carboxylic acids is 1.